The standard InChI is InChI=1S/C34H46ClN5O6S/c1-24(2)22-40(47(44,45)28-13-14-31(36)30(35)21-28)27(23-41)11-5-6-15-37-33(42)32(38-34(43)39-16-18-46-19-17-39)20-26-10-7-9-25-8-3-4-12-29(25)26/h3-4,7-10,12-14,21,24,27,32,41H,5-6,11,15-20,22-23,36H2,1-2H3,(H,37,42)(H,38,43)/t27-,32-/m0/s1. The summed E-state index contributed by atoms with van der Waals surface area (Å²) < 4.78 is 34.0. The number of hydrogen-bond donors (Lipinski definition) is 4. The van der Waals surface area contributed by atoms with Gasteiger partial charge in [-0.3, -0.25) is 4.79 Å². The second kappa shape index (κ2) is 17.1. The van der Waals surface area contributed by atoms with Crippen LogP contribution in [0.4, 0.5) is 10.5 Å². The fraction of sp³-hybridized carbons (Fsp3) is 0.471. The minimum Gasteiger partial charge on any atom is -0.398 e. The normalized spacial score (nSPS) is 15.1. The third-order valence-corrected chi connectivity index (χ3v) is 10.5. The summed E-state index contributed by atoms with van der Waals surface area (Å²) in [5.74, 6) is -0.295. The number of fused-ring (bicyclic) bond motifs is 1. The molecule has 11 nitrogen and oxygen atoms in total. The highest BCUT2D eigenvalue weighted by molar-refractivity contribution is 7.89. The summed E-state index contributed by atoms with van der Waals surface area (Å²) in [6, 6.07) is 16.3. The quantitative estimate of drug-likeness (QED) is 0.139. The van der Waals surface area contributed by atoms with Crippen LogP contribution in [0.25, 0.3) is 10.8 Å². The zero-order valence-electron chi connectivity index (χ0n) is 27.0. The first-order valence-corrected chi connectivity index (χ1v) is 17.9. The van der Waals surface area contributed by atoms with Gasteiger partial charge < -0.3 is 31.1 Å². The van der Waals surface area contributed by atoms with E-state index >= 15 is 0 Å². The van der Waals surface area contributed by atoms with Crippen molar-refractivity contribution < 1.29 is 27.9 Å². The fourth-order valence-corrected chi connectivity index (χ4v) is 7.76. The van der Waals surface area contributed by atoms with Gasteiger partial charge in [-0.15, -0.1) is 0 Å². The Hall–Kier alpha value is -3.42. The van der Waals surface area contributed by atoms with Crippen LogP contribution in [-0.4, -0.2) is 92.8 Å². The summed E-state index contributed by atoms with van der Waals surface area (Å²) in [7, 11) is -3.97. The van der Waals surface area contributed by atoms with Gasteiger partial charge in [-0.05, 0) is 53.3 Å². The molecule has 1 fully saturated rings. The van der Waals surface area contributed by atoms with Crippen LogP contribution in [0.2, 0.25) is 5.02 Å². The van der Waals surface area contributed by atoms with Crippen LogP contribution in [0.5, 0.6) is 0 Å². The number of morpholine rings is 1. The SMILES string of the molecule is CC(C)CN([C@H](CO)CCCCNC(=O)[C@H](Cc1cccc2ccccc12)NC(=O)N1CCOCC1)S(=O)(=O)c1ccc(N)c(Cl)c1. The monoisotopic (exact) mass is 687 g/mol. The van der Waals surface area contributed by atoms with E-state index in [1.807, 2.05) is 56.3 Å². The van der Waals surface area contributed by atoms with E-state index in [0.717, 1.165) is 16.3 Å². The van der Waals surface area contributed by atoms with Crippen molar-refractivity contribution >= 4 is 50.0 Å². The predicted molar refractivity (Wildman–Crippen MR) is 185 cm³/mol. The molecule has 13 heteroatoms. The number of aliphatic hydroxyl groups excluding tert-OH is 1. The van der Waals surface area contributed by atoms with Gasteiger partial charge in [0.25, 0.3) is 0 Å². The van der Waals surface area contributed by atoms with Crippen LogP contribution in [0.15, 0.2) is 65.6 Å². The summed E-state index contributed by atoms with van der Waals surface area (Å²) in [6.45, 7) is 5.81. The molecule has 3 aromatic rings. The Morgan fingerprint density at radius 3 is 2.49 bits per heavy atom. The van der Waals surface area contributed by atoms with E-state index in [4.69, 9.17) is 22.1 Å². The lowest BCUT2D eigenvalue weighted by Gasteiger charge is -2.31. The molecule has 0 aliphatic carbocycles. The first kappa shape index (κ1) is 36.4. The third kappa shape index (κ3) is 9.80. The first-order valence-electron chi connectivity index (χ1n) is 16.1. The van der Waals surface area contributed by atoms with Crippen LogP contribution < -0.4 is 16.4 Å². The molecule has 256 valence electrons. The molecule has 0 aromatic heterocycles. The number of carbonyl (C=O) groups is 2. The molecule has 4 rings (SSSR count). The highest BCUT2D eigenvalue weighted by Gasteiger charge is 2.32. The van der Waals surface area contributed by atoms with Gasteiger partial charge in [0, 0.05) is 38.6 Å². The second-order valence-corrected chi connectivity index (χ2v) is 14.5. The van der Waals surface area contributed by atoms with Crippen molar-refractivity contribution in [1.29, 1.82) is 0 Å². The number of rotatable bonds is 15. The Balaban J connectivity index is 1.39. The summed E-state index contributed by atoms with van der Waals surface area (Å²) in [5.41, 5.74) is 7.02. The van der Waals surface area contributed by atoms with Gasteiger partial charge in [0.2, 0.25) is 15.9 Å². The van der Waals surface area contributed by atoms with Gasteiger partial charge in [0.05, 0.1) is 35.4 Å². The van der Waals surface area contributed by atoms with Crippen molar-refractivity contribution in [2.24, 2.45) is 5.92 Å². The molecule has 2 atom stereocenters. The van der Waals surface area contributed by atoms with Crippen LogP contribution in [0.3, 0.4) is 0 Å². The summed E-state index contributed by atoms with van der Waals surface area (Å²) in [4.78, 5) is 28.3. The van der Waals surface area contributed by atoms with E-state index in [0.29, 0.717) is 58.5 Å². The maximum atomic E-state index is 13.6. The van der Waals surface area contributed by atoms with Gasteiger partial charge in [0.1, 0.15) is 6.04 Å². The number of nitrogens with one attached hydrogen (secondary N) is 2. The van der Waals surface area contributed by atoms with E-state index in [-0.39, 0.29) is 46.6 Å². The molecule has 0 spiro atoms. The number of nitrogens with zero attached hydrogens (tertiary/aromatic N) is 2. The van der Waals surface area contributed by atoms with Crippen molar-refractivity contribution in [3.05, 3.63) is 71.2 Å². The number of nitrogens with two attached hydrogens (primary N) is 1. The Morgan fingerprint density at radius 1 is 1.06 bits per heavy atom. The molecule has 0 radical (unpaired) electrons. The third-order valence-electron chi connectivity index (χ3n) is 8.22. The van der Waals surface area contributed by atoms with E-state index in [1.165, 1.54) is 22.5 Å². The number of unbranched alkanes of at least 4 members (excludes halogenated alkanes) is 1. The Labute approximate surface area is 282 Å². The van der Waals surface area contributed by atoms with Gasteiger partial charge >= 0.3 is 6.03 Å². The van der Waals surface area contributed by atoms with Gasteiger partial charge in [-0.25, -0.2) is 13.2 Å². The van der Waals surface area contributed by atoms with Crippen LogP contribution in [0.1, 0.15) is 38.7 Å². The molecule has 1 aliphatic rings. The highest BCUT2D eigenvalue weighted by atomic mass is 35.5. The average Bonchev–Trinajstić information content (AvgIpc) is 3.06. The average molecular weight is 688 g/mol. The number of halogens is 1. The van der Waals surface area contributed by atoms with E-state index < -0.39 is 22.1 Å². The van der Waals surface area contributed by atoms with Crippen molar-refractivity contribution in [3.63, 3.8) is 0 Å². The molecule has 1 heterocycles. The van der Waals surface area contributed by atoms with Gasteiger partial charge in [0.15, 0.2) is 0 Å². The lowest BCUT2D eigenvalue weighted by molar-refractivity contribution is -0.123. The number of benzene rings is 3. The molecule has 0 unspecified atom stereocenters. The van der Waals surface area contributed by atoms with Crippen molar-refractivity contribution in [3.8, 4) is 0 Å². The number of amides is 3. The van der Waals surface area contributed by atoms with E-state index in [9.17, 15) is 23.1 Å². The molecule has 5 N–H and O–H groups in total. The zero-order valence-corrected chi connectivity index (χ0v) is 28.6. The van der Waals surface area contributed by atoms with E-state index in [1.54, 1.807) is 4.90 Å². The van der Waals surface area contributed by atoms with Gasteiger partial charge in [-0.2, -0.15) is 4.31 Å². The minimum absolute atomic E-state index is 0.00806. The summed E-state index contributed by atoms with van der Waals surface area (Å²) >= 11 is 6.13. The maximum absolute atomic E-state index is 13.6. The number of carbonyl (C=O) groups excluding carboxylic acids is 2. The highest BCUT2D eigenvalue weighted by Crippen LogP contribution is 2.27. The number of aliphatic hydroxyl groups is 1. The molecule has 3 aromatic carbocycles. The Kier molecular flexibility index (Phi) is 13.3. The number of nitrogen functional groups attached to an aromatic ring is 1. The van der Waals surface area contributed by atoms with Crippen molar-refractivity contribution in [2.45, 2.75) is 56.5 Å². The number of anilines is 1. The molecule has 1 saturated heterocycles. The van der Waals surface area contributed by atoms with Crippen LogP contribution >= 0.6 is 11.6 Å². The first-order chi connectivity index (χ1) is 22.5. The van der Waals surface area contributed by atoms with Crippen molar-refractivity contribution in [1.82, 2.24) is 19.8 Å². The molecular weight excluding hydrogens is 642 g/mol. The summed E-state index contributed by atoms with van der Waals surface area (Å²) in [5, 5.41) is 18.4. The molecular formula is C34H46ClN5O6S. The van der Waals surface area contributed by atoms with Crippen LogP contribution in [0, 0.1) is 5.92 Å². The predicted octanol–water partition coefficient (Wildman–Crippen LogP) is 4.02. The number of urea groups is 1. The summed E-state index contributed by atoms with van der Waals surface area (Å²) in [6.07, 6.45) is 1.79. The molecule has 0 saturated carbocycles. The minimum atomic E-state index is -3.97. The molecule has 0 bridgehead atoms. The van der Waals surface area contributed by atoms with Crippen molar-refractivity contribution in [2.75, 3.05) is 51.7 Å². The number of hydrogen-bond acceptors (Lipinski definition) is 7. The van der Waals surface area contributed by atoms with E-state index in [2.05, 4.69) is 10.6 Å². The Morgan fingerprint density at radius 2 is 1.79 bits per heavy atom. The van der Waals surface area contributed by atoms with Crippen LogP contribution in [-0.2, 0) is 26.0 Å². The topological polar surface area (TPSA) is 154 Å². The molecule has 1 aliphatic heterocycles. The molecule has 47 heavy (non-hydrogen) atoms. The van der Waals surface area contributed by atoms with Gasteiger partial charge in [-0.1, -0.05) is 74.3 Å². The largest absolute Gasteiger partial charge is 0.398 e. The lowest BCUT2D eigenvalue weighted by Crippen LogP contribution is -2.54. The fourth-order valence-electron chi connectivity index (χ4n) is 5.68. The molecule has 3 amide bonds. The second-order valence-electron chi connectivity index (χ2n) is 12.2. The number of sulfonamides is 1. The zero-order chi connectivity index (χ0) is 34.0. The lowest BCUT2D eigenvalue weighted by atomic mass is 9.98. The smallest absolute Gasteiger partial charge is 0.318 e. The Bertz CT molecular complexity index is 1610. The number of ether oxygens (including phenoxy) is 1. The maximum Gasteiger partial charge on any atom is 0.318 e.